The van der Waals surface area contributed by atoms with Crippen LogP contribution in [0, 0.1) is 6.92 Å². The molecule has 1 aromatic carbocycles. The van der Waals surface area contributed by atoms with Gasteiger partial charge < -0.3 is 9.88 Å². The molecule has 1 saturated heterocycles. The molecule has 6 heteroatoms. The Hall–Kier alpha value is -2.47. The summed E-state index contributed by atoms with van der Waals surface area (Å²) in [4.78, 5) is 36.6. The van der Waals surface area contributed by atoms with Crippen LogP contribution in [0.2, 0.25) is 0 Å². The van der Waals surface area contributed by atoms with Crippen molar-refractivity contribution in [2.45, 2.75) is 38.6 Å². The highest BCUT2D eigenvalue weighted by molar-refractivity contribution is 5.93. The van der Waals surface area contributed by atoms with E-state index in [4.69, 9.17) is 0 Å². The number of amides is 1. The molecule has 1 aliphatic carbocycles. The van der Waals surface area contributed by atoms with Crippen molar-refractivity contribution < 1.29 is 4.79 Å². The molecule has 0 atom stereocenters. The minimum Gasteiger partial charge on any atom is -0.336 e. The van der Waals surface area contributed by atoms with Gasteiger partial charge in [0.25, 0.3) is 11.5 Å². The highest BCUT2D eigenvalue weighted by atomic mass is 16.2. The first-order chi connectivity index (χ1) is 13.1. The maximum absolute atomic E-state index is 12.8. The number of carbonyl (C=O) groups excluding carboxylic acids is 1. The van der Waals surface area contributed by atoms with Gasteiger partial charge in [-0.3, -0.25) is 14.5 Å². The lowest BCUT2D eigenvalue weighted by Gasteiger charge is -2.37. The standard InChI is InChI=1S/C21H26N4O2/c1-15-6-8-16(9-7-15)19-22-14-18(20(26)23-19)21(27)25-12-10-24(11-13-25)17-4-2-3-5-17/h6-9,14,17H,2-5,10-13H2,1H3,(H,22,23,26). The summed E-state index contributed by atoms with van der Waals surface area (Å²) in [6, 6.07) is 8.45. The molecule has 2 heterocycles. The van der Waals surface area contributed by atoms with Crippen LogP contribution in [0.1, 0.15) is 41.6 Å². The molecule has 1 saturated carbocycles. The SMILES string of the molecule is Cc1ccc(-c2ncc(C(=O)N3CCN(C4CCCC4)CC3)c(=O)[nH]2)cc1. The van der Waals surface area contributed by atoms with Gasteiger partial charge in [0, 0.05) is 44.0 Å². The number of hydrogen-bond acceptors (Lipinski definition) is 4. The molecular weight excluding hydrogens is 340 g/mol. The molecular formula is C21H26N4O2. The Labute approximate surface area is 159 Å². The van der Waals surface area contributed by atoms with Gasteiger partial charge in [0.1, 0.15) is 11.4 Å². The Balaban J connectivity index is 1.44. The first-order valence-electron chi connectivity index (χ1n) is 9.81. The zero-order chi connectivity index (χ0) is 18.8. The van der Waals surface area contributed by atoms with Gasteiger partial charge in [0.15, 0.2) is 0 Å². The number of nitrogens with one attached hydrogen (secondary N) is 1. The van der Waals surface area contributed by atoms with Gasteiger partial charge in [-0.1, -0.05) is 42.7 Å². The predicted octanol–water partition coefficient (Wildman–Crippen LogP) is 2.45. The average Bonchev–Trinajstić information content (AvgIpc) is 3.23. The van der Waals surface area contributed by atoms with E-state index in [2.05, 4.69) is 14.9 Å². The molecule has 1 aliphatic heterocycles. The van der Waals surface area contributed by atoms with Crippen LogP contribution in [-0.2, 0) is 0 Å². The molecule has 6 nitrogen and oxygen atoms in total. The summed E-state index contributed by atoms with van der Waals surface area (Å²) in [5.41, 5.74) is 1.73. The van der Waals surface area contributed by atoms with Crippen LogP contribution in [-0.4, -0.2) is 57.9 Å². The van der Waals surface area contributed by atoms with Crippen molar-refractivity contribution in [3.05, 3.63) is 51.9 Å². The van der Waals surface area contributed by atoms with E-state index in [9.17, 15) is 9.59 Å². The van der Waals surface area contributed by atoms with E-state index in [-0.39, 0.29) is 17.0 Å². The summed E-state index contributed by atoms with van der Waals surface area (Å²) < 4.78 is 0. The minimum atomic E-state index is -0.371. The lowest BCUT2D eigenvalue weighted by molar-refractivity contribution is 0.0571. The molecule has 0 radical (unpaired) electrons. The summed E-state index contributed by atoms with van der Waals surface area (Å²) in [6.45, 7) is 5.14. The van der Waals surface area contributed by atoms with Crippen LogP contribution < -0.4 is 5.56 Å². The van der Waals surface area contributed by atoms with Gasteiger partial charge >= 0.3 is 0 Å². The van der Waals surface area contributed by atoms with E-state index >= 15 is 0 Å². The van der Waals surface area contributed by atoms with Gasteiger partial charge in [-0.2, -0.15) is 0 Å². The minimum absolute atomic E-state index is 0.125. The van der Waals surface area contributed by atoms with Crippen molar-refractivity contribution in [2.24, 2.45) is 0 Å². The smallest absolute Gasteiger partial charge is 0.264 e. The largest absolute Gasteiger partial charge is 0.336 e. The van der Waals surface area contributed by atoms with Crippen LogP contribution in [0.4, 0.5) is 0 Å². The van der Waals surface area contributed by atoms with Crippen molar-refractivity contribution in [3.63, 3.8) is 0 Å². The van der Waals surface area contributed by atoms with E-state index in [1.807, 2.05) is 31.2 Å². The number of aryl methyl sites for hydroxylation is 1. The second kappa shape index (κ2) is 7.64. The van der Waals surface area contributed by atoms with Crippen molar-refractivity contribution in [2.75, 3.05) is 26.2 Å². The summed E-state index contributed by atoms with van der Waals surface area (Å²) in [6.07, 6.45) is 6.60. The average molecular weight is 366 g/mol. The monoisotopic (exact) mass is 366 g/mol. The lowest BCUT2D eigenvalue weighted by atomic mass is 10.1. The molecule has 4 rings (SSSR count). The third-order valence-corrected chi connectivity index (χ3v) is 5.80. The molecule has 2 aromatic rings. The van der Waals surface area contributed by atoms with Crippen LogP contribution in [0.25, 0.3) is 11.4 Å². The zero-order valence-electron chi connectivity index (χ0n) is 15.8. The van der Waals surface area contributed by atoms with Gasteiger partial charge in [-0.25, -0.2) is 4.98 Å². The molecule has 27 heavy (non-hydrogen) atoms. The number of piperazine rings is 1. The van der Waals surface area contributed by atoms with Crippen molar-refractivity contribution in [1.29, 1.82) is 0 Å². The number of benzene rings is 1. The van der Waals surface area contributed by atoms with Crippen molar-refractivity contribution >= 4 is 5.91 Å². The molecule has 2 fully saturated rings. The third-order valence-electron chi connectivity index (χ3n) is 5.80. The first kappa shape index (κ1) is 17.9. The normalized spacial score (nSPS) is 18.8. The van der Waals surface area contributed by atoms with Gasteiger partial charge in [0.05, 0.1) is 0 Å². The fraction of sp³-hybridized carbons (Fsp3) is 0.476. The number of hydrogen-bond donors (Lipinski definition) is 1. The van der Waals surface area contributed by atoms with E-state index in [0.717, 1.165) is 24.2 Å². The summed E-state index contributed by atoms with van der Waals surface area (Å²) in [7, 11) is 0. The molecule has 0 spiro atoms. The van der Waals surface area contributed by atoms with Crippen LogP contribution >= 0.6 is 0 Å². The molecule has 1 N–H and O–H groups in total. The second-order valence-electron chi connectivity index (χ2n) is 7.61. The van der Waals surface area contributed by atoms with Gasteiger partial charge in [-0.05, 0) is 19.8 Å². The Morgan fingerprint density at radius 3 is 2.37 bits per heavy atom. The highest BCUT2D eigenvalue weighted by Crippen LogP contribution is 2.24. The van der Waals surface area contributed by atoms with Gasteiger partial charge in [-0.15, -0.1) is 0 Å². The lowest BCUT2D eigenvalue weighted by Crippen LogP contribution is -2.52. The van der Waals surface area contributed by atoms with E-state index in [1.165, 1.54) is 31.9 Å². The zero-order valence-corrected chi connectivity index (χ0v) is 15.8. The second-order valence-corrected chi connectivity index (χ2v) is 7.61. The van der Waals surface area contributed by atoms with Crippen molar-refractivity contribution in [3.8, 4) is 11.4 Å². The number of carbonyl (C=O) groups is 1. The van der Waals surface area contributed by atoms with E-state index < -0.39 is 0 Å². The van der Waals surface area contributed by atoms with Crippen LogP contribution in [0.3, 0.4) is 0 Å². The highest BCUT2D eigenvalue weighted by Gasteiger charge is 2.29. The Morgan fingerprint density at radius 1 is 1.07 bits per heavy atom. The van der Waals surface area contributed by atoms with Crippen LogP contribution in [0.5, 0.6) is 0 Å². The fourth-order valence-corrected chi connectivity index (χ4v) is 4.14. The predicted molar refractivity (Wildman–Crippen MR) is 105 cm³/mol. The van der Waals surface area contributed by atoms with E-state index in [0.29, 0.717) is 25.0 Å². The molecule has 0 bridgehead atoms. The fourth-order valence-electron chi connectivity index (χ4n) is 4.14. The molecule has 2 aliphatic rings. The molecule has 0 unspecified atom stereocenters. The number of H-pyrrole nitrogens is 1. The maximum atomic E-state index is 12.8. The maximum Gasteiger partial charge on any atom is 0.264 e. The topological polar surface area (TPSA) is 69.3 Å². The van der Waals surface area contributed by atoms with Crippen LogP contribution in [0.15, 0.2) is 35.3 Å². The summed E-state index contributed by atoms with van der Waals surface area (Å²) in [5, 5.41) is 0. The number of nitrogens with zero attached hydrogens (tertiary/aromatic N) is 3. The van der Waals surface area contributed by atoms with Crippen molar-refractivity contribution in [1.82, 2.24) is 19.8 Å². The Bertz CT molecular complexity index is 860. The number of rotatable bonds is 3. The van der Waals surface area contributed by atoms with E-state index in [1.54, 1.807) is 4.90 Å². The Kier molecular flexibility index (Phi) is 5.07. The number of aromatic nitrogens is 2. The molecule has 142 valence electrons. The number of aromatic amines is 1. The third kappa shape index (κ3) is 3.81. The summed E-state index contributed by atoms with van der Waals surface area (Å²) >= 11 is 0. The Morgan fingerprint density at radius 2 is 1.74 bits per heavy atom. The first-order valence-corrected chi connectivity index (χ1v) is 9.81. The molecule has 1 amide bonds. The van der Waals surface area contributed by atoms with Gasteiger partial charge in [0.2, 0.25) is 0 Å². The quantitative estimate of drug-likeness (QED) is 0.906. The molecule has 1 aromatic heterocycles. The summed E-state index contributed by atoms with van der Waals surface area (Å²) in [5.74, 6) is 0.271.